The molecular weight excluding hydrogens is 415 g/mol. The van der Waals surface area contributed by atoms with Crippen molar-refractivity contribution in [3.8, 4) is 0 Å². The van der Waals surface area contributed by atoms with Gasteiger partial charge in [0.1, 0.15) is 5.82 Å². The quantitative estimate of drug-likeness (QED) is 0.494. The van der Waals surface area contributed by atoms with Gasteiger partial charge in [-0.15, -0.1) is 0 Å². The molecule has 32 heavy (non-hydrogen) atoms. The summed E-state index contributed by atoms with van der Waals surface area (Å²) in [5, 5.41) is 0. The SMILES string of the molecule is CCN(C(=O)CCn1c(C2CCCCC2)nc2cc(C(F)(F)F)ccc21)C1CCCCC1. The molecule has 0 radical (unpaired) electrons. The Morgan fingerprint density at radius 2 is 1.72 bits per heavy atom. The van der Waals surface area contributed by atoms with Crippen molar-refractivity contribution in [3.05, 3.63) is 29.6 Å². The Bertz CT molecular complexity index is 924. The molecule has 2 aliphatic carbocycles. The molecule has 0 unspecified atom stereocenters. The molecule has 0 aliphatic heterocycles. The smallest absolute Gasteiger partial charge is 0.340 e. The molecule has 1 heterocycles. The first kappa shape index (κ1) is 23.1. The Hall–Kier alpha value is -2.05. The van der Waals surface area contributed by atoms with E-state index in [1.165, 1.54) is 31.7 Å². The van der Waals surface area contributed by atoms with E-state index in [1.807, 2.05) is 16.4 Å². The fraction of sp³-hybridized carbons (Fsp3) is 0.680. The number of aromatic nitrogens is 2. The van der Waals surface area contributed by atoms with Gasteiger partial charge in [-0.3, -0.25) is 4.79 Å². The molecule has 176 valence electrons. The number of nitrogens with zero attached hydrogens (tertiary/aromatic N) is 3. The standard InChI is InChI=1S/C25H34F3N3O/c1-2-30(20-11-7-4-8-12-20)23(32)15-16-31-22-14-13-19(25(26,27)28)17-21(22)29-24(31)18-9-5-3-6-10-18/h13-14,17-18,20H,2-12,15-16H2,1H3. The summed E-state index contributed by atoms with van der Waals surface area (Å²) in [4.78, 5) is 19.8. The molecule has 1 aromatic carbocycles. The zero-order valence-electron chi connectivity index (χ0n) is 19.0. The normalized spacial score (nSPS) is 18.9. The first-order valence-corrected chi connectivity index (χ1v) is 12.3. The van der Waals surface area contributed by atoms with Gasteiger partial charge in [-0.2, -0.15) is 13.2 Å². The molecule has 0 spiro atoms. The molecule has 7 heteroatoms. The maximum absolute atomic E-state index is 13.3. The van der Waals surface area contributed by atoms with Crippen LogP contribution in [0.25, 0.3) is 11.0 Å². The van der Waals surface area contributed by atoms with Crippen LogP contribution < -0.4 is 0 Å². The number of carbonyl (C=O) groups is 1. The minimum Gasteiger partial charge on any atom is -0.340 e. The number of fused-ring (bicyclic) bond motifs is 1. The highest BCUT2D eigenvalue weighted by molar-refractivity contribution is 5.79. The van der Waals surface area contributed by atoms with Crippen molar-refractivity contribution >= 4 is 16.9 Å². The molecular formula is C25H34F3N3O. The summed E-state index contributed by atoms with van der Waals surface area (Å²) in [5.41, 5.74) is 0.412. The molecule has 2 aromatic rings. The Morgan fingerprint density at radius 3 is 2.34 bits per heavy atom. The monoisotopic (exact) mass is 449 g/mol. The van der Waals surface area contributed by atoms with Crippen LogP contribution in [0.2, 0.25) is 0 Å². The van der Waals surface area contributed by atoms with Gasteiger partial charge in [0.25, 0.3) is 0 Å². The molecule has 2 fully saturated rings. The topological polar surface area (TPSA) is 38.1 Å². The van der Waals surface area contributed by atoms with Crippen molar-refractivity contribution in [1.82, 2.24) is 14.5 Å². The second-order valence-corrected chi connectivity index (χ2v) is 9.38. The Morgan fingerprint density at radius 1 is 1.06 bits per heavy atom. The van der Waals surface area contributed by atoms with Crippen molar-refractivity contribution in [2.24, 2.45) is 0 Å². The third-order valence-corrected chi connectivity index (χ3v) is 7.30. The first-order valence-electron chi connectivity index (χ1n) is 12.3. The van der Waals surface area contributed by atoms with Crippen LogP contribution in [-0.2, 0) is 17.5 Å². The van der Waals surface area contributed by atoms with Crippen LogP contribution in [0.15, 0.2) is 18.2 Å². The summed E-state index contributed by atoms with van der Waals surface area (Å²) in [5.74, 6) is 1.25. The first-order chi connectivity index (χ1) is 15.4. The number of halogens is 3. The van der Waals surface area contributed by atoms with Crippen LogP contribution in [0.3, 0.4) is 0 Å². The molecule has 1 aromatic heterocycles. The van der Waals surface area contributed by atoms with Crippen molar-refractivity contribution in [3.63, 3.8) is 0 Å². The highest BCUT2D eigenvalue weighted by Gasteiger charge is 2.32. The van der Waals surface area contributed by atoms with Gasteiger partial charge in [0.2, 0.25) is 5.91 Å². The lowest BCUT2D eigenvalue weighted by Gasteiger charge is -2.34. The summed E-state index contributed by atoms with van der Waals surface area (Å²) in [6.07, 6.45) is 7.15. The number of amides is 1. The lowest BCUT2D eigenvalue weighted by Crippen LogP contribution is -2.41. The second kappa shape index (κ2) is 9.84. The number of hydrogen-bond acceptors (Lipinski definition) is 2. The summed E-state index contributed by atoms with van der Waals surface area (Å²) in [6, 6.07) is 4.14. The van der Waals surface area contributed by atoms with Gasteiger partial charge in [-0.1, -0.05) is 38.5 Å². The second-order valence-electron chi connectivity index (χ2n) is 9.38. The third kappa shape index (κ3) is 4.96. The van der Waals surface area contributed by atoms with E-state index >= 15 is 0 Å². The van der Waals surface area contributed by atoms with Gasteiger partial charge in [0, 0.05) is 31.5 Å². The maximum Gasteiger partial charge on any atom is 0.416 e. The van der Waals surface area contributed by atoms with Crippen molar-refractivity contribution in [1.29, 1.82) is 0 Å². The fourth-order valence-electron chi connectivity index (χ4n) is 5.61. The fourth-order valence-corrected chi connectivity index (χ4v) is 5.61. The Kier molecular flexibility index (Phi) is 7.11. The predicted octanol–water partition coefficient (Wildman–Crippen LogP) is 6.67. The van der Waals surface area contributed by atoms with E-state index < -0.39 is 11.7 Å². The van der Waals surface area contributed by atoms with Crippen molar-refractivity contribution in [2.45, 2.75) is 102 Å². The van der Waals surface area contributed by atoms with Crippen LogP contribution in [0, 0.1) is 0 Å². The van der Waals surface area contributed by atoms with E-state index in [4.69, 9.17) is 0 Å². The number of hydrogen-bond donors (Lipinski definition) is 0. The van der Waals surface area contributed by atoms with E-state index in [2.05, 4.69) is 4.98 Å². The molecule has 0 bridgehead atoms. The molecule has 4 nitrogen and oxygen atoms in total. The molecule has 2 saturated carbocycles. The Balaban J connectivity index is 1.59. The Labute approximate surface area is 188 Å². The van der Waals surface area contributed by atoms with Crippen LogP contribution in [0.4, 0.5) is 13.2 Å². The van der Waals surface area contributed by atoms with E-state index in [-0.39, 0.29) is 11.8 Å². The molecule has 0 saturated heterocycles. The average Bonchev–Trinajstić information content (AvgIpc) is 3.17. The van der Waals surface area contributed by atoms with E-state index in [9.17, 15) is 18.0 Å². The molecule has 4 rings (SSSR count). The maximum atomic E-state index is 13.3. The van der Waals surface area contributed by atoms with Crippen molar-refractivity contribution < 1.29 is 18.0 Å². The van der Waals surface area contributed by atoms with E-state index in [1.54, 1.807) is 0 Å². The van der Waals surface area contributed by atoms with Gasteiger partial charge in [-0.25, -0.2) is 4.98 Å². The van der Waals surface area contributed by atoms with E-state index in [0.717, 1.165) is 56.5 Å². The van der Waals surface area contributed by atoms with Gasteiger partial charge in [0.05, 0.1) is 16.6 Å². The van der Waals surface area contributed by atoms with Crippen LogP contribution in [0.1, 0.15) is 94.9 Å². The summed E-state index contributed by atoms with van der Waals surface area (Å²) in [7, 11) is 0. The van der Waals surface area contributed by atoms with Gasteiger partial charge >= 0.3 is 6.18 Å². The number of benzene rings is 1. The number of carbonyl (C=O) groups excluding carboxylic acids is 1. The summed E-state index contributed by atoms with van der Waals surface area (Å²) < 4.78 is 41.8. The van der Waals surface area contributed by atoms with Crippen LogP contribution in [-0.4, -0.2) is 32.9 Å². The zero-order valence-corrected chi connectivity index (χ0v) is 19.0. The van der Waals surface area contributed by atoms with Crippen LogP contribution in [0.5, 0.6) is 0 Å². The largest absolute Gasteiger partial charge is 0.416 e. The highest BCUT2D eigenvalue weighted by Crippen LogP contribution is 2.36. The van der Waals surface area contributed by atoms with E-state index in [0.29, 0.717) is 36.6 Å². The molecule has 2 aliphatic rings. The molecule has 1 amide bonds. The highest BCUT2D eigenvalue weighted by atomic mass is 19.4. The summed E-state index contributed by atoms with van der Waals surface area (Å²) in [6.45, 7) is 3.21. The predicted molar refractivity (Wildman–Crippen MR) is 119 cm³/mol. The van der Waals surface area contributed by atoms with Gasteiger partial charge in [-0.05, 0) is 50.8 Å². The summed E-state index contributed by atoms with van der Waals surface area (Å²) >= 11 is 0. The zero-order chi connectivity index (χ0) is 22.7. The minimum atomic E-state index is -4.39. The van der Waals surface area contributed by atoms with Crippen molar-refractivity contribution in [2.75, 3.05) is 6.54 Å². The number of aryl methyl sites for hydroxylation is 1. The lowest BCUT2D eigenvalue weighted by molar-refractivity contribution is -0.137. The number of imidazole rings is 1. The minimum absolute atomic E-state index is 0.141. The van der Waals surface area contributed by atoms with Crippen LogP contribution >= 0.6 is 0 Å². The van der Waals surface area contributed by atoms with Gasteiger partial charge < -0.3 is 9.47 Å². The molecule has 0 atom stereocenters. The molecule has 0 N–H and O–H groups in total. The lowest BCUT2D eigenvalue weighted by atomic mass is 9.88. The average molecular weight is 450 g/mol. The third-order valence-electron chi connectivity index (χ3n) is 7.30. The van der Waals surface area contributed by atoms with Gasteiger partial charge in [0.15, 0.2) is 0 Å². The number of rotatable bonds is 6. The number of alkyl halides is 3.